The normalized spacial score (nSPS) is 18.1. The lowest BCUT2D eigenvalue weighted by Gasteiger charge is -2.14. The first-order chi connectivity index (χ1) is 8.09. The zero-order valence-corrected chi connectivity index (χ0v) is 9.30. The van der Waals surface area contributed by atoms with E-state index in [1.807, 2.05) is 24.3 Å². The summed E-state index contributed by atoms with van der Waals surface area (Å²) in [5, 5.41) is 17.7. The fourth-order valence-corrected chi connectivity index (χ4v) is 2.48. The second-order valence-electron chi connectivity index (χ2n) is 4.40. The molecule has 2 rings (SSSR count). The SMILES string of the molecule is O=C(O)C(CC1CCc2ccccc21)C(=O)O. The van der Waals surface area contributed by atoms with Crippen LogP contribution >= 0.6 is 0 Å². The molecule has 1 aliphatic carbocycles. The molecule has 17 heavy (non-hydrogen) atoms. The van der Waals surface area contributed by atoms with Gasteiger partial charge in [-0.05, 0) is 36.3 Å². The number of aliphatic carboxylic acids is 2. The van der Waals surface area contributed by atoms with Gasteiger partial charge in [0.15, 0.2) is 5.92 Å². The van der Waals surface area contributed by atoms with Crippen LogP contribution in [0.2, 0.25) is 0 Å². The highest BCUT2D eigenvalue weighted by molar-refractivity contribution is 5.92. The van der Waals surface area contributed by atoms with E-state index < -0.39 is 17.9 Å². The zero-order chi connectivity index (χ0) is 12.4. The molecule has 0 saturated heterocycles. The van der Waals surface area contributed by atoms with Crippen molar-refractivity contribution in [2.45, 2.75) is 25.2 Å². The molecule has 4 heteroatoms. The monoisotopic (exact) mass is 234 g/mol. The van der Waals surface area contributed by atoms with E-state index in [4.69, 9.17) is 10.2 Å². The number of rotatable bonds is 4. The van der Waals surface area contributed by atoms with Crippen LogP contribution in [0.3, 0.4) is 0 Å². The van der Waals surface area contributed by atoms with Crippen molar-refractivity contribution in [2.75, 3.05) is 0 Å². The number of carbonyl (C=O) groups is 2. The summed E-state index contributed by atoms with van der Waals surface area (Å²) in [6, 6.07) is 7.85. The molecule has 0 heterocycles. The van der Waals surface area contributed by atoms with Gasteiger partial charge in [0.05, 0.1) is 0 Å². The maximum Gasteiger partial charge on any atom is 0.317 e. The van der Waals surface area contributed by atoms with E-state index in [0.29, 0.717) is 0 Å². The van der Waals surface area contributed by atoms with Crippen molar-refractivity contribution in [3.63, 3.8) is 0 Å². The van der Waals surface area contributed by atoms with Gasteiger partial charge < -0.3 is 10.2 Å². The van der Waals surface area contributed by atoms with Crippen LogP contribution < -0.4 is 0 Å². The van der Waals surface area contributed by atoms with Gasteiger partial charge in [0.1, 0.15) is 0 Å². The molecule has 0 amide bonds. The Balaban J connectivity index is 2.16. The number of carboxylic acids is 2. The van der Waals surface area contributed by atoms with Crippen molar-refractivity contribution in [3.8, 4) is 0 Å². The molecule has 0 radical (unpaired) electrons. The van der Waals surface area contributed by atoms with Gasteiger partial charge in [-0.1, -0.05) is 24.3 Å². The lowest BCUT2D eigenvalue weighted by molar-refractivity contribution is -0.155. The molecule has 4 nitrogen and oxygen atoms in total. The molecule has 1 unspecified atom stereocenters. The fraction of sp³-hybridized carbons (Fsp3) is 0.385. The minimum Gasteiger partial charge on any atom is -0.481 e. The highest BCUT2D eigenvalue weighted by Crippen LogP contribution is 2.37. The van der Waals surface area contributed by atoms with Crippen molar-refractivity contribution >= 4 is 11.9 Å². The third kappa shape index (κ3) is 2.30. The molecule has 0 saturated carbocycles. The van der Waals surface area contributed by atoms with Gasteiger partial charge in [-0.2, -0.15) is 0 Å². The molecule has 1 aromatic carbocycles. The molecule has 0 aromatic heterocycles. The summed E-state index contributed by atoms with van der Waals surface area (Å²) in [4.78, 5) is 21.7. The van der Waals surface area contributed by atoms with E-state index in [9.17, 15) is 9.59 Å². The maximum absolute atomic E-state index is 10.9. The summed E-state index contributed by atoms with van der Waals surface area (Å²) in [5.41, 5.74) is 2.33. The summed E-state index contributed by atoms with van der Waals surface area (Å²) < 4.78 is 0. The number of aryl methyl sites for hydroxylation is 1. The molecular formula is C13H14O4. The van der Waals surface area contributed by atoms with Gasteiger partial charge in [0.2, 0.25) is 0 Å². The van der Waals surface area contributed by atoms with Crippen molar-refractivity contribution in [2.24, 2.45) is 5.92 Å². The second-order valence-corrected chi connectivity index (χ2v) is 4.40. The lowest BCUT2D eigenvalue weighted by atomic mass is 9.90. The van der Waals surface area contributed by atoms with Gasteiger partial charge in [-0.15, -0.1) is 0 Å². The van der Waals surface area contributed by atoms with Crippen LogP contribution in [0.4, 0.5) is 0 Å². The van der Waals surface area contributed by atoms with E-state index in [-0.39, 0.29) is 12.3 Å². The smallest absolute Gasteiger partial charge is 0.317 e. The molecule has 0 aliphatic heterocycles. The fourth-order valence-electron chi connectivity index (χ4n) is 2.48. The molecule has 90 valence electrons. The summed E-state index contributed by atoms with van der Waals surface area (Å²) in [5.74, 6) is -3.74. The Kier molecular flexibility index (Phi) is 3.13. The largest absolute Gasteiger partial charge is 0.481 e. The summed E-state index contributed by atoms with van der Waals surface area (Å²) in [6.45, 7) is 0. The zero-order valence-electron chi connectivity index (χ0n) is 9.30. The van der Waals surface area contributed by atoms with E-state index in [2.05, 4.69) is 0 Å². The van der Waals surface area contributed by atoms with Gasteiger partial charge in [-0.25, -0.2) is 0 Å². The third-order valence-electron chi connectivity index (χ3n) is 3.37. The summed E-state index contributed by atoms with van der Waals surface area (Å²) in [6.07, 6.45) is 1.94. The molecule has 1 atom stereocenters. The summed E-state index contributed by atoms with van der Waals surface area (Å²) in [7, 11) is 0. The van der Waals surface area contributed by atoms with E-state index in [1.165, 1.54) is 5.56 Å². The van der Waals surface area contributed by atoms with Crippen LogP contribution in [0.25, 0.3) is 0 Å². The van der Waals surface area contributed by atoms with E-state index in [0.717, 1.165) is 18.4 Å². The van der Waals surface area contributed by atoms with Gasteiger partial charge in [-0.3, -0.25) is 9.59 Å². The molecule has 0 bridgehead atoms. The van der Waals surface area contributed by atoms with Crippen LogP contribution in [-0.4, -0.2) is 22.2 Å². The minimum atomic E-state index is -1.30. The minimum absolute atomic E-state index is 0.0587. The Morgan fingerprint density at radius 1 is 1.24 bits per heavy atom. The molecule has 0 fully saturated rings. The molecular weight excluding hydrogens is 220 g/mol. The highest BCUT2D eigenvalue weighted by atomic mass is 16.4. The topological polar surface area (TPSA) is 74.6 Å². The number of hydrogen-bond acceptors (Lipinski definition) is 2. The van der Waals surface area contributed by atoms with Crippen molar-refractivity contribution in [1.82, 2.24) is 0 Å². The molecule has 1 aliphatic rings. The Morgan fingerprint density at radius 3 is 2.53 bits per heavy atom. The number of carboxylic acid groups (broad SMARTS) is 2. The average Bonchev–Trinajstić information content (AvgIpc) is 2.68. The summed E-state index contributed by atoms with van der Waals surface area (Å²) >= 11 is 0. The van der Waals surface area contributed by atoms with Crippen molar-refractivity contribution in [1.29, 1.82) is 0 Å². The highest BCUT2D eigenvalue weighted by Gasteiger charge is 2.32. The predicted octanol–water partition coefficient (Wildman–Crippen LogP) is 1.89. The van der Waals surface area contributed by atoms with Crippen LogP contribution in [0.1, 0.15) is 29.9 Å². The Labute approximate surface area is 98.9 Å². The van der Waals surface area contributed by atoms with Crippen molar-refractivity contribution in [3.05, 3.63) is 35.4 Å². The Hall–Kier alpha value is -1.84. The second kappa shape index (κ2) is 4.57. The van der Waals surface area contributed by atoms with Gasteiger partial charge in [0, 0.05) is 0 Å². The standard InChI is InChI=1S/C13H14O4/c14-12(15)11(13(16)17)7-9-6-5-8-3-1-2-4-10(8)9/h1-4,9,11H,5-7H2,(H,14,15)(H,16,17). The quantitative estimate of drug-likeness (QED) is 0.780. The van der Waals surface area contributed by atoms with Crippen LogP contribution in [0, 0.1) is 5.92 Å². The lowest BCUT2D eigenvalue weighted by Crippen LogP contribution is -2.25. The number of hydrogen-bond donors (Lipinski definition) is 2. The molecule has 0 spiro atoms. The Bertz CT molecular complexity index is 438. The van der Waals surface area contributed by atoms with Gasteiger partial charge in [0.25, 0.3) is 0 Å². The van der Waals surface area contributed by atoms with Crippen LogP contribution in [-0.2, 0) is 16.0 Å². The molecule has 2 N–H and O–H groups in total. The number of fused-ring (bicyclic) bond motifs is 1. The number of benzene rings is 1. The molecule has 1 aromatic rings. The predicted molar refractivity (Wildman–Crippen MR) is 60.9 cm³/mol. The van der Waals surface area contributed by atoms with Gasteiger partial charge >= 0.3 is 11.9 Å². The maximum atomic E-state index is 10.9. The Morgan fingerprint density at radius 2 is 1.88 bits per heavy atom. The first-order valence-electron chi connectivity index (χ1n) is 5.63. The van der Waals surface area contributed by atoms with Crippen LogP contribution in [0.5, 0.6) is 0 Å². The van der Waals surface area contributed by atoms with Crippen LogP contribution in [0.15, 0.2) is 24.3 Å². The average molecular weight is 234 g/mol. The van der Waals surface area contributed by atoms with E-state index in [1.54, 1.807) is 0 Å². The van der Waals surface area contributed by atoms with E-state index >= 15 is 0 Å². The first-order valence-corrected chi connectivity index (χ1v) is 5.63. The first kappa shape index (κ1) is 11.6. The third-order valence-corrected chi connectivity index (χ3v) is 3.37. The van der Waals surface area contributed by atoms with Crippen molar-refractivity contribution < 1.29 is 19.8 Å².